The van der Waals surface area contributed by atoms with E-state index in [-0.39, 0.29) is 5.91 Å². The summed E-state index contributed by atoms with van der Waals surface area (Å²) >= 11 is 0. The van der Waals surface area contributed by atoms with Gasteiger partial charge in [0.2, 0.25) is 5.91 Å². The van der Waals surface area contributed by atoms with Crippen LogP contribution in [-0.4, -0.2) is 27.1 Å². The zero-order chi connectivity index (χ0) is 10.3. The molecule has 0 aliphatic carbocycles. The van der Waals surface area contributed by atoms with E-state index in [1.54, 1.807) is 11.8 Å². The standard InChI is InChI=1S/C9H14N4O/c1-6(14)13-4-3-8-7(5-13)9(10)11-12(8)2/h3-5H2,1-2H3,(H2,10,11). The molecule has 1 amide bonds. The number of anilines is 1. The van der Waals surface area contributed by atoms with E-state index in [1.165, 1.54) is 0 Å². The van der Waals surface area contributed by atoms with Gasteiger partial charge in [0.15, 0.2) is 5.82 Å². The van der Waals surface area contributed by atoms with Crippen LogP contribution in [0, 0.1) is 0 Å². The molecular formula is C9H14N4O. The first-order valence-corrected chi connectivity index (χ1v) is 4.65. The van der Waals surface area contributed by atoms with Crippen molar-refractivity contribution < 1.29 is 4.79 Å². The Balaban J connectivity index is 2.34. The van der Waals surface area contributed by atoms with Crippen molar-refractivity contribution in [3.05, 3.63) is 11.3 Å². The highest BCUT2D eigenvalue weighted by molar-refractivity contribution is 5.73. The van der Waals surface area contributed by atoms with Crippen LogP contribution in [0.3, 0.4) is 0 Å². The molecule has 14 heavy (non-hydrogen) atoms. The SMILES string of the molecule is CC(=O)N1CCc2c(c(N)nn2C)C1. The lowest BCUT2D eigenvalue weighted by atomic mass is 10.1. The maximum Gasteiger partial charge on any atom is 0.219 e. The minimum absolute atomic E-state index is 0.0962. The van der Waals surface area contributed by atoms with Gasteiger partial charge in [0.05, 0.1) is 6.54 Å². The molecule has 2 heterocycles. The number of nitrogen functional groups attached to an aromatic ring is 1. The molecule has 1 aliphatic heterocycles. The van der Waals surface area contributed by atoms with Crippen LogP contribution < -0.4 is 5.73 Å². The monoisotopic (exact) mass is 194 g/mol. The third kappa shape index (κ3) is 1.25. The van der Waals surface area contributed by atoms with Gasteiger partial charge in [-0.25, -0.2) is 0 Å². The third-order valence-electron chi connectivity index (χ3n) is 2.72. The van der Waals surface area contributed by atoms with Gasteiger partial charge >= 0.3 is 0 Å². The van der Waals surface area contributed by atoms with E-state index in [2.05, 4.69) is 5.10 Å². The molecule has 0 saturated carbocycles. The first-order chi connectivity index (χ1) is 6.59. The zero-order valence-electron chi connectivity index (χ0n) is 8.45. The Labute approximate surface area is 82.5 Å². The molecule has 1 aromatic heterocycles. The summed E-state index contributed by atoms with van der Waals surface area (Å²) in [5.74, 6) is 0.646. The average Bonchev–Trinajstić information content (AvgIpc) is 2.42. The number of nitrogens with two attached hydrogens (primary N) is 1. The molecule has 0 radical (unpaired) electrons. The van der Waals surface area contributed by atoms with Crippen molar-refractivity contribution in [2.45, 2.75) is 19.9 Å². The third-order valence-corrected chi connectivity index (χ3v) is 2.72. The van der Waals surface area contributed by atoms with E-state index in [0.29, 0.717) is 12.4 Å². The van der Waals surface area contributed by atoms with Gasteiger partial charge in [0, 0.05) is 38.2 Å². The molecule has 0 bridgehead atoms. The van der Waals surface area contributed by atoms with Crippen LogP contribution in [0.15, 0.2) is 0 Å². The zero-order valence-corrected chi connectivity index (χ0v) is 8.45. The molecule has 1 aliphatic rings. The summed E-state index contributed by atoms with van der Waals surface area (Å²) in [6, 6.07) is 0. The Hall–Kier alpha value is -1.52. The van der Waals surface area contributed by atoms with Gasteiger partial charge in [-0.05, 0) is 0 Å². The van der Waals surface area contributed by atoms with Gasteiger partial charge < -0.3 is 10.6 Å². The van der Waals surface area contributed by atoms with Crippen molar-refractivity contribution in [2.75, 3.05) is 12.3 Å². The quantitative estimate of drug-likeness (QED) is 0.627. The maximum atomic E-state index is 11.2. The molecule has 76 valence electrons. The number of hydrogen-bond acceptors (Lipinski definition) is 3. The lowest BCUT2D eigenvalue weighted by Crippen LogP contribution is -2.34. The van der Waals surface area contributed by atoms with Crippen molar-refractivity contribution in [2.24, 2.45) is 7.05 Å². The van der Waals surface area contributed by atoms with Crippen LogP contribution in [0.1, 0.15) is 18.2 Å². The summed E-state index contributed by atoms with van der Waals surface area (Å²) in [6.07, 6.45) is 0.843. The van der Waals surface area contributed by atoms with Gasteiger partial charge in [-0.15, -0.1) is 0 Å². The average molecular weight is 194 g/mol. The first kappa shape index (κ1) is 9.05. The van der Waals surface area contributed by atoms with E-state index in [4.69, 9.17) is 5.73 Å². The first-order valence-electron chi connectivity index (χ1n) is 4.65. The second-order valence-electron chi connectivity index (χ2n) is 3.62. The molecule has 0 atom stereocenters. The molecule has 5 heteroatoms. The topological polar surface area (TPSA) is 64.2 Å². The smallest absolute Gasteiger partial charge is 0.219 e. The highest BCUT2D eigenvalue weighted by Gasteiger charge is 2.23. The predicted octanol–water partition coefficient (Wildman–Crippen LogP) is -0.0931. The van der Waals surface area contributed by atoms with E-state index in [1.807, 2.05) is 11.7 Å². The fourth-order valence-electron chi connectivity index (χ4n) is 1.89. The second-order valence-corrected chi connectivity index (χ2v) is 3.62. The molecule has 0 spiro atoms. The number of rotatable bonds is 0. The van der Waals surface area contributed by atoms with Crippen molar-refractivity contribution in [1.29, 1.82) is 0 Å². The summed E-state index contributed by atoms with van der Waals surface area (Å²) in [5, 5.41) is 4.14. The highest BCUT2D eigenvalue weighted by atomic mass is 16.2. The van der Waals surface area contributed by atoms with Crippen LogP contribution in [0.4, 0.5) is 5.82 Å². The minimum atomic E-state index is 0.0962. The summed E-state index contributed by atoms with van der Waals surface area (Å²) in [5.41, 5.74) is 7.92. The lowest BCUT2D eigenvalue weighted by Gasteiger charge is -2.26. The number of carbonyl (C=O) groups excluding carboxylic acids is 1. The van der Waals surface area contributed by atoms with Gasteiger partial charge in [0.1, 0.15) is 0 Å². The fraction of sp³-hybridized carbons (Fsp3) is 0.556. The minimum Gasteiger partial charge on any atom is -0.382 e. The van der Waals surface area contributed by atoms with Crippen LogP contribution >= 0.6 is 0 Å². The molecule has 0 unspecified atom stereocenters. The summed E-state index contributed by atoms with van der Waals surface area (Å²) in [6.45, 7) is 2.95. The lowest BCUT2D eigenvalue weighted by molar-refractivity contribution is -0.129. The largest absolute Gasteiger partial charge is 0.382 e. The number of fused-ring (bicyclic) bond motifs is 1. The van der Waals surface area contributed by atoms with Gasteiger partial charge in [0.25, 0.3) is 0 Å². The van der Waals surface area contributed by atoms with Gasteiger partial charge in [-0.2, -0.15) is 5.10 Å². The van der Waals surface area contributed by atoms with E-state index in [9.17, 15) is 4.79 Å². The molecule has 0 saturated heterocycles. The van der Waals surface area contributed by atoms with Crippen LogP contribution in [0.5, 0.6) is 0 Å². The summed E-state index contributed by atoms with van der Waals surface area (Å²) < 4.78 is 1.81. The number of aryl methyl sites for hydroxylation is 1. The molecule has 1 aromatic rings. The predicted molar refractivity (Wildman–Crippen MR) is 52.4 cm³/mol. The Bertz CT molecular complexity index is 382. The number of carbonyl (C=O) groups is 1. The number of hydrogen-bond donors (Lipinski definition) is 1. The van der Waals surface area contributed by atoms with Crippen molar-refractivity contribution >= 4 is 11.7 Å². The second kappa shape index (κ2) is 3.01. The van der Waals surface area contributed by atoms with Gasteiger partial charge in [-0.1, -0.05) is 0 Å². The molecule has 0 fully saturated rings. The molecule has 2 rings (SSSR count). The summed E-state index contributed by atoms with van der Waals surface area (Å²) in [4.78, 5) is 13.0. The Morgan fingerprint density at radius 3 is 2.93 bits per heavy atom. The molecule has 5 nitrogen and oxygen atoms in total. The van der Waals surface area contributed by atoms with Crippen molar-refractivity contribution in [3.63, 3.8) is 0 Å². The van der Waals surface area contributed by atoms with Crippen molar-refractivity contribution in [1.82, 2.24) is 14.7 Å². The Morgan fingerprint density at radius 1 is 1.57 bits per heavy atom. The number of aromatic nitrogens is 2. The Kier molecular flexibility index (Phi) is 1.94. The number of nitrogens with zero attached hydrogens (tertiary/aromatic N) is 3. The number of amides is 1. The van der Waals surface area contributed by atoms with Crippen LogP contribution in [0.25, 0.3) is 0 Å². The molecule has 2 N–H and O–H groups in total. The normalized spacial score (nSPS) is 15.4. The molecule has 0 aromatic carbocycles. The van der Waals surface area contributed by atoms with Crippen molar-refractivity contribution in [3.8, 4) is 0 Å². The Morgan fingerprint density at radius 2 is 2.29 bits per heavy atom. The van der Waals surface area contributed by atoms with E-state index >= 15 is 0 Å². The highest BCUT2D eigenvalue weighted by Crippen LogP contribution is 2.23. The summed E-state index contributed by atoms with van der Waals surface area (Å²) in [7, 11) is 1.89. The van der Waals surface area contributed by atoms with E-state index in [0.717, 1.165) is 24.2 Å². The van der Waals surface area contributed by atoms with E-state index < -0.39 is 0 Å². The molecular weight excluding hydrogens is 180 g/mol. The van der Waals surface area contributed by atoms with Gasteiger partial charge in [-0.3, -0.25) is 9.48 Å². The maximum absolute atomic E-state index is 11.2. The van der Waals surface area contributed by atoms with Crippen LogP contribution in [0.2, 0.25) is 0 Å². The fourth-order valence-corrected chi connectivity index (χ4v) is 1.89. The van der Waals surface area contributed by atoms with Crippen LogP contribution in [-0.2, 0) is 24.8 Å².